The molecule has 3 heterocycles. The van der Waals surface area contributed by atoms with Crippen molar-refractivity contribution in [1.29, 1.82) is 5.26 Å². The molecule has 1 saturated carbocycles. The maximum Gasteiger partial charge on any atom is 0.130 e. The average Bonchev–Trinajstić information content (AvgIpc) is 3.54. The third kappa shape index (κ3) is 7.34. The zero-order valence-corrected chi connectivity index (χ0v) is 31.1. The van der Waals surface area contributed by atoms with Gasteiger partial charge in [-0.15, -0.1) is 53.6 Å². The average molecular weight is 830 g/mol. The van der Waals surface area contributed by atoms with E-state index >= 15 is 0 Å². The number of nitrogens with zero attached hydrogens (tertiary/aromatic N) is 3. The van der Waals surface area contributed by atoms with Crippen LogP contribution in [0.15, 0.2) is 120 Å². The fourth-order valence-corrected chi connectivity index (χ4v) is 6.82. The number of aromatic nitrogens is 2. The van der Waals surface area contributed by atoms with Gasteiger partial charge in [-0.25, -0.2) is 0 Å². The monoisotopic (exact) mass is 830 g/mol. The van der Waals surface area contributed by atoms with Gasteiger partial charge in [-0.1, -0.05) is 106 Å². The van der Waals surface area contributed by atoms with Gasteiger partial charge in [-0.05, 0) is 64.9 Å². The fourth-order valence-electron chi connectivity index (χ4n) is 6.82. The number of hydrogen-bond acceptors (Lipinski definition) is 4. The standard InChI is InChI=1S/C30H23N2O.C15H16N.Ir/c31-19-23-16-17-25-24-9-6-10-26(27-11-4-5-18-32-27)29(24)33-30(25)28(23)22-14-12-21(13-15-22)20-7-2-1-3-8-20;1-15(2,3)13-9-7-12(8-10-13)14-6-4-5-11-16-14;/h4-6,9,11-18,20H,1-3,7-8H2;4-7,9-11H,1-3H3;/q2*-1;. The maximum atomic E-state index is 9.90. The molecule has 1 aliphatic carbocycles. The second kappa shape index (κ2) is 15.3. The second-order valence-electron chi connectivity index (χ2n) is 13.8. The minimum Gasteiger partial charge on any atom is -0.500 e. The molecule has 0 atom stereocenters. The van der Waals surface area contributed by atoms with Crippen LogP contribution in [0.2, 0.25) is 0 Å². The molecule has 251 valence electrons. The van der Waals surface area contributed by atoms with Crippen LogP contribution in [0.5, 0.6) is 0 Å². The summed E-state index contributed by atoms with van der Waals surface area (Å²) in [5, 5.41) is 11.9. The van der Waals surface area contributed by atoms with Crippen molar-refractivity contribution in [3.63, 3.8) is 0 Å². The van der Waals surface area contributed by atoms with Crippen LogP contribution in [0.25, 0.3) is 55.6 Å². The van der Waals surface area contributed by atoms with E-state index in [1.165, 1.54) is 43.2 Å². The van der Waals surface area contributed by atoms with Crippen molar-refractivity contribution < 1.29 is 24.5 Å². The van der Waals surface area contributed by atoms with Crippen LogP contribution in [0, 0.1) is 23.5 Å². The molecule has 5 heteroatoms. The predicted molar refractivity (Wildman–Crippen MR) is 199 cm³/mol. The first-order valence-corrected chi connectivity index (χ1v) is 17.2. The Labute approximate surface area is 308 Å². The number of hydrogen-bond donors (Lipinski definition) is 0. The van der Waals surface area contributed by atoms with E-state index in [0.29, 0.717) is 11.5 Å². The quantitative estimate of drug-likeness (QED) is 0.166. The van der Waals surface area contributed by atoms with E-state index in [9.17, 15) is 5.26 Å². The predicted octanol–water partition coefficient (Wildman–Crippen LogP) is 11.9. The van der Waals surface area contributed by atoms with Crippen LogP contribution < -0.4 is 0 Å². The van der Waals surface area contributed by atoms with Gasteiger partial charge in [0.1, 0.15) is 5.58 Å². The van der Waals surface area contributed by atoms with E-state index in [2.05, 4.69) is 91.4 Å². The van der Waals surface area contributed by atoms with E-state index in [4.69, 9.17) is 4.42 Å². The summed E-state index contributed by atoms with van der Waals surface area (Å²) >= 11 is 0. The Morgan fingerprint density at radius 3 is 2.06 bits per heavy atom. The molecule has 1 aliphatic rings. The smallest absolute Gasteiger partial charge is 0.130 e. The summed E-state index contributed by atoms with van der Waals surface area (Å²) in [5.41, 5.74) is 10.5. The number of fused-ring (bicyclic) bond motifs is 3. The molecule has 0 spiro atoms. The Kier molecular flexibility index (Phi) is 10.7. The van der Waals surface area contributed by atoms with E-state index in [1.807, 2.05) is 60.7 Å². The van der Waals surface area contributed by atoms with Crippen LogP contribution in [0.3, 0.4) is 0 Å². The van der Waals surface area contributed by atoms with Gasteiger partial charge < -0.3 is 14.4 Å². The topological polar surface area (TPSA) is 62.7 Å². The van der Waals surface area contributed by atoms with E-state index in [0.717, 1.165) is 55.6 Å². The molecule has 7 aromatic rings. The van der Waals surface area contributed by atoms with Crippen LogP contribution in [0.1, 0.15) is 75.5 Å². The molecule has 3 aromatic heterocycles. The van der Waals surface area contributed by atoms with E-state index in [-0.39, 0.29) is 25.5 Å². The van der Waals surface area contributed by atoms with Gasteiger partial charge >= 0.3 is 0 Å². The van der Waals surface area contributed by atoms with Gasteiger partial charge in [0.05, 0.1) is 17.2 Å². The Bertz CT molecular complexity index is 2220. The van der Waals surface area contributed by atoms with Crippen molar-refractivity contribution in [2.45, 2.75) is 64.2 Å². The largest absolute Gasteiger partial charge is 0.500 e. The molecule has 0 bridgehead atoms. The zero-order chi connectivity index (χ0) is 33.8. The van der Waals surface area contributed by atoms with Crippen LogP contribution in [-0.2, 0) is 25.5 Å². The molecule has 0 amide bonds. The molecule has 4 nitrogen and oxygen atoms in total. The molecular weight excluding hydrogens is 791 g/mol. The van der Waals surface area contributed by atoms with Gasteiger partial charge in [0.2, 0.25) is 0 Å². The molecule has 0 N–H and O–H groups in total. The first kappa shape index (κ1) is 35.0. The maximum absolute atomic E-state index is 9.90. The summed E-state index contributed by atoms with van der Waals surface area (Å²) in [6, 6.07) is 43.6. The van der Waals surface area contributed by atoms with Crippen molar-refractivity contribution >= 4 is 21.9 Å². The molecule has 50 heavy (non-hydrogen) atoms. The minimum absolute atomic E-state index is 0. The van der Waals surface area contributed by atoms with Crippen molar-refractivity contribution in [3.05, 3.63) is 144 Å². The summed E-state index contributed by atoms with van der Waals surface area (Å²) < 4.78 is 6.49. The minimum atomic E-state index is 0. The number of pyridine rings is 2. The third-order valence-electron chi connectivity index (χ3n) is 9.54. The Morgan fingerprint density at radius 2 is 1.44 bits per heavy atom. The second-order valence-corrected chi connectivity index (χ2v) is 13.8. The van der Waals surface area contributed by atoms with Crippen LogP contribution in [-0.4, -0.2) is 9.97 Å². The summed E-state index contributed by atoms with van der Waals surface area (Å²) in [5.74, 6) is 0.654. The van der Waals surface area contributed by atoms with E-state index in [1.54, 1.807) is 12.4 Å². The molecule has 8 rings (SSSR count). The van der Waals surface area contributed by atoms with Crippen LogP contribution in [0.4, 0.5) is 0 Å². The summed E-state index contributed by atoms with van der Waals surface area (Å²) in [6.07, 6.45) is 10.1. The Morgan fingerprint density at radius 1 is 0.740 bits per heavy atom. The molecule has 0 saturated heterocycles. The van der Waals surface area contributed by atoms with Gasteiger partial charge in [0, 0.05) is 43.4 Å². The third-order valence-corrected chi connectivity index (χ3v) is 9.54. The Balaban J connectivity index is 0.000000215. The summed E-state index contributed by atoms with van der Waals surface area (Å²) in [4.78, 5) is 8.80. The van der Waals surface area contributed by atoms with Crippen LogP contribution >= 0.6 is 0 Å². The SMILES string of the molecule is CC(C)(C)c1c[c-]c(-c2ccccn2)cc1.N#Cc1ccc2c(oc3c(-c4ccccn4)[c-]ccc32)c1-c1ccc(C2CCCCC2)cc1.[Ir]. The summed E-state index contributed by atoms with van der Waals surface area (Å²) in [7, 11) is 0. The first-order chi connectivity index (χ1) is 23.9. The Hall–Kier alpha value is -4.88. The normalized spacial score (nSPS) is 13.2. The number of benzene rings is 4. The van der Waals surface area contributed by atoms with Gasteiger partial charge in [-0.3, -0.25) is 0 Å². The molecule has 0 unspecified atom stereocenters. The van der Waals surface area contributed by atoms with Crippen molar-refractivity contribution in [1.82, 2.24) is 9.97 Å². The molecule has 0 aliphatic heterocycles. The van der Waals surface area contributed by atoms with Crippen molar-refractivity contribution in [2.24, 2.45) is 0 Å². The number of rotatable bonds is 4. The fraction of sp³-hybridized carbons (Fsp3) is 0.222. The summed E-state index contributed by atoms with van der Waals surface area (Å²) in [6.45, 7) is 6.61. The zero-order valence-electron chi connectivity index (χ0n) is 28.7. The molecule has 4 aromatic carbocycles. The molecule has 1 fully saturated rings. The molecule has 1 radical (unpaired) electrons. The van der Waals surface area contributed by atoms with E-state index < -0.39 is 0 Å². The van der Waals surface area contributed by atoms with Gasteiger partial charge in [0.25, 0.3) is 0 Å². The van der Waals surface area contributed by atoms with Crippen molar-refractivity contribution in [3.8, 4) is 39.7 Å². The number of furan rings is 1. The number of nitriles is 1. The molecular formula is C45H39IrN3O-2. The van der Waals surface area contributed by atoms with Gasteiger partial charge in [-0.2, -0.15) is 5.26 Å². The van der Waals surface area contributed by atoms with Gasteiger partial charge in [0.15, 0.2) is 0 Å². The van der Waals surface area contributed by atoms with Crippen molar-refractivity contribution in [2.75, 3.05) is 0 Å². The first-order valence-electron chi connectivity index (χ1n) is 17.2.